The molecule has 108 valence electrons. The van der Waals surface area contributed by atoms with Gasteiger partial charge < -0.3 is 0 Å². The van der Waals surface area contributed by atoms with Gasteiger partial charge in [0, 0.05) is 11.8 Å². The van der Waals surface area contributed by atoms with E-state index in [2.05, 4.69) is 62.4 Å². The smallest absolute Gasteiger partial charge is 0.147 e. The summed E-state index contributed by atoms with van der Waals surface area (Å²) in [6.45, 7) is 4.18. The molecule has 0 aliphatic heterocycles. The van der Waals surface area contributed by atoms with E-state index < -0.39 is 0 Å². The molecule has 2 aromatic carbocycles. The molecule has 21 heavy (non-hydrogen) atoms. The predicted octanol–water partition coefficient (Wildman–Crippen LogP) is 4.92. The maximum absolute atomic E-state index is 12.9. The Morgan fingerprint density at radius 2 is 1.48 bits per heavy atom. The molecule has 1 heteroatoms. The van der Waals surface area contributed by atoms with Gasteiger partial charge in [-0.25, -0.2) is 0 Å². The molecule has 2 atom stereocenters. The second-order valence-corrected chi connectivity index (χ2v) is 6.26. The highest BCUT2D eigenvalue weighted by atomic mass is 16.1. The summed E-state index contributed by atoms with van der Waals surface area (Å²) in [5, 5.41) is 0. The van der Waals surface area contributed by atoms with E-state index in [4.69, 9.17) is 0 Å². The molecule has 1 nitrogen and oxygen atoms in total. The number of hydrogen-bond acceptors (Lipinski definition) is 1. The van der Waals surface area contributed by atoms with Gasteiger partial charge in [-0.1, -0.05) is 66.1 Å². The largest absolute Gasteiger partial charge is 0.298 e. The lowest BCUT2D eigenvalue weighted by Gasteiger charge is -2.28. The van der Waals surface area contributed by atoms with Crippen LogP contribution in [0.15, 0.2) is 48.5 Å². The number of carbonyl (C=O) groups is 1. The van der Waals surface area contributed by atoms with E-state index in [9.17, 15) is 4.79 Å². The van der Waals surface area contributed by atoms with Crippen LogP contribution in [0.4, 0.5) is 0 Å². The Morgan fingerprint density at radius 3 is 2.14 bits per heavy atom. The van der Waals surface area contributed by atoms with E-state index in [-0.39, 0.29) is 11.8 Å². The normalized spacial score (nSPS) is 22.3. The zero-order valence-electron chi connectivity index (χ0n) is 12.8. The number of hydrogen-bond donors (Lipinski definition) is 0. The minimum Gasteiger partial charge on any atom is -0.298 e. The van der Waals surface area contributed by atoms with Crippen LogP contribution in [0.2, 0.25) is 0 Å². The maximum atomic E-state index is 12.9. The van der Waals surface area contributed by atoms with Gasteiger partial charge in [0.05, 0.1) is 0 Å². The highest BCUT2D eigenvalue weighted by Crippen LogP contribution is 2.38. The van der Waals surface area contributed by atoms with Crippen molar-refractivity contribution in [1.29, 1.82) is 0 Å². The monoisotopic (exact) mass is 278 g/mol. The molecule has 0 amide bonds. The minimum atomic E-state index is 0.0739. The molecule has 2 aromatic rings. The van der Waals surface area contributed by atoms with E-state index >= 15 is 0 Å². The number of aryl methyl sites for hydroxylation is 2. The van der Waals surface area contributed by atoms with Gasteiger partial charge in [0.2, 0.25) is 0 Å². The number of rotatable bonds is 2. The first-order valence-electron chi connectivity index (χ1n) is 7.82. The van der Waals surface area contributed by atoms with Gasteiger partial charge in [0.15, 0.2) is 0 Å². The van der Waals surface area contributed by atoms with Gasteiger partial charge >= 0.3 is 0 Å². The van der Waals surface area contributed by atoms with Crippen molar-refractivity contribution in [2.75, 3.05) is 0 Å². The van der Waals surface area contributed by atoms with Crippen LogP contribution in [0, 0.1) is 13.8 Å². The SMILES string of the molecule is Cc1ccc(C2CCCC(c3cccc(C)c3)C2=O)cc1. The average molecular weight is 278 g/mol. The second kappa shape index (κ2) is 5.85. The van der Waals surface area contributed by atoms with E-state index in [0.29, 0.717) is 5.78 Å². The van der Waals surface area contributed by atoms with Crippen molar-refractivity contribution in [3.63, 3.8) is 0 Å². The number of Topliss-reactive ketones (excluding diaryl/α,β-unsaturated/α-hetero) is 1. The third kappa shape index (κ3) is 2.92. The summed E-state index contributed by atoms with van der Waals surface area (Å²) in [5.41, 5.74) is 4.86. The highest BCUT2D eigenvalue weighted by molar-refractivity contribution is 5.92. The molecule has 0 aromatic heterocycles. The summed E-state index contributed by atoms with van der Waals surface area (Å²) in [7, 11) is 0. The van der Waals surface area contributed by atoms with E-state index in [1.807, 2.05) is 0 Å². The standard InChI is InChI=1S/C20H22O/c1-14-9-11-16(12-10-14)18-7-4-8-19(20(18)21)17-6-3-5-15(2)13-17/h3,5-6,9-13,18-19H,4,7-8H2,1-2H3. The van der Waals surface area contributed by atoms with Gasteiger partial charge in [0.1, 0.15) is 5.78 Å². The Kier molecular flexibility index (Phi) is 3.92. The van der Waals surface area contributed by atoms with Gasteiger partial charge in [0.25, 0.3) is 0 Å². The number of ketones is 1. The first-order chi connectivity index (χ1) is 10.1. The molecule has 0 bridgehead atoms. The van der Waals surface area contributed by atoms with Crippen LogP contribution in [-0.4, -0.2) is 5.78 Å². The van der Waals surface area contributed by atoms with Crippen molar-refractivity contribution in [2.45, 2.75) is 44.9 Å². The second-order valence-electron chi connectivity index (χ2n) is 6.26. The number of carbonyl (C=O) groups excluding carboxylic acids is 1. The zero-order chi connectivity index (χ0) is 14.8. The van der Waals surface area contributed by atoms with Crippen LogP contribution < -0.4 is 0 Å². The Bertz CT molecular complexity index is 639. The Morgan fingerprint density at radius 1 is 0.810 bits per heavy atom. The molecule has 1 saturated carbocycles. The topological polar surface area (TPSA) is 17.1 Å². The fourth-order valence-corrected chi connectivity index (χ4v) is 3.40. The molecular formula is C20H22O. The molecule has 1 aliphatic rings. The zero-order valence-corrected chi connectivity index (χ0v) is 12.8. The number of benzene rings is 2. The third-order valence-corrected chi connectivity index (χ3v) is 4.60. The average Bonchev–Trinajstić information content (AvgIpc) is 2.48. The maximum Gasteiger partial charge on any atom is 0.147 e. The van der Waals surface area contributed by atoms with Gasteiger partial charge in [-0.2, -0.15) is 0 Å². The van der Waals surface area contributed by atoms with E-state index in [0.717, 1.165) is 19.3 Å². The van der Waals surface area contributed by atoms with Gasteiger partial charge in [-0.15, -0.1) is 0 Å². The van der Waals surface area contributed by atoms with E-state index in [1.165, 1.54) is 22.3 Å². The van der Waals surface area contributed by atoms with Crippen LogP contribution >= 0.6 is 0 Å². The van der Waals surface area contributed by atoms with Gasteiger partial charge in [-0.3, -0.25) is 4.79 Å². The highest BCUT2D eigenvalue weighted by Gasteiger charge is 2.32. The summed E-state index contributed by atoms with van der Waals surface area (Å²) in [4.78, 5) is 12.9. The first kappa shape index (κ1) is 14.1. The molecule has 3 rings (SSSR count). The van der Waals surface area contributed by atoms with Crippen molar-refractivity contribution in [3.8, 4) is 0 Å². The summed E-state index contributed by atoms with van der Waals surface area (Å²) < 4.78 is 0. The van der Waals surface area contributed by atoms with Crippen molar-refractivity contribution in [3.05, 3.63) is 70.8 Å². The Balaban J connectivity index is 1.88. The predicted molar refractivity (Wildman–Crippen MR) is 86.7 cm³/mol. The first-order valence-corrected chi connectivity index (χ1v) is 7.82. The van der Waals surface area contributed by atoms with Crippen molar-refractivity contribution in [1.82, 2.24) is 0 Å². The summed E-state index contributed by atoms with van der Waals surface area (Å²) in [6.07, 6.45) is 3.11. The van der Waals surface area contributed by atoms with E-state index in [1.54, 1.807) is 0 Å². The lowest BCUT2D eigenvalue weighted by Crippen LogP contribution is -2.25. The molecular weight excluding hydrogens is 256 g/mol. The van der Waals surface area contributed by atoms with Gasteiger partial charge in [-0.05, 0) is 37.8 Å². The summed E-state index contributed by atoms with van der Waals surface area (Å²) in [6, 6.07) is 16.9. The minimum absolute atomic E-state index is 0.0739. The molecule has 0 radical (unpaired) electrons. The van der Waals surface area contributed by atoms with Crippen LogP contribution in [0.3, 0.4) is 0 Å². The lowest BCUT2D eigenvalue weighted by atomic mass is 9.74. The molecule has 1 aliphatic carbocycles. The summed E-state index contributed by atoms with van der Waals surface area (Å²) in [5.74, 6) is 0.547. The van der Waals surface area contributed by atoms with Crippen LogP contribution in [0.5, 0.6) is 0 Å². The fraction of sp³-hybridized carbons (Fsp3) is 0.350. The molecule has 0 N–H and O–H groups in total. The summed E-state index contributed by atoms with van der Waals surface area (Å²) >= 11 is 0. The molecule has 0 heterocycles. The van der Waals surface area contributed by atoms with Crippen LogP contribution in [0.25, 0.3) is 0 Å². The molecule has 1 fully saturated rings. The molecule has 2 unspecified atom stereocenters. The fourth-order valence-electron chi connectivity index (χ4n) is 3.40. The Labute approximate surface area is 127 Å². The quantitative estimate of drug-likeness (QED) is 0.761. The van der Waals surface area contributed by atoms with Crippen molar-refractivity contribution < 1.29 is 4.79 Å². The van der Waals surface area contributed by atoms with Crippen molar-refractivity contribution in [2.24, 2.45) is 0 Å². The van der Waals surface area contributed by atoms with Crippen LogP contribution in [0.1, 0.15) is 53.4 Å². The van der Waals surface area contributed by atoms with Crippen molar-refractivity contribution >= 4 is 5.78 Å². The Hall–Kier alpha value is -1.89. The third-order valence-electron chi connectivity index (χ3n) is 4.60. The molecule has 0 saturated heterocycles. The molecule has 0 spiro atoms. The lowest BCUT2D eigenvalue weighted by molar-refractivity contribution is -0.123. The van der Waals surface area contributed by atoms with Crippen LogP contribution in [-0.2, 0) is 4.79 Å².